The van der Waals surface area contributed by atoms with E-state index in [-0.39, 0.29) is 41.7 Å². The Morgan fingerprint density at radius 2 is 1.57 bits per heavy atom. The fraction of sp³-hybridized carbons (Fsp3) is 0.400. The molecule has 0 aromatic heterocycles. The number of piperazine rings is 1. The van der Waals surface area contributed by atoms with Gasteiger partial charge in [0.05, 0.1) is 13.7 Å². The number of imide groups is 1. The van der Waals surface area contributed by atoms with E-state index in [0.717, 1.165) is 74.1 Å². The standard InChI is InChI=1S/C45H49N5O6/c1-55-36-4-2-3-31(24-36)39-28-56-41-25-35(51)10-12-38(41)43(39)30-5-7-33(8-6-30)48-17-15-29(16-18-48)26-47-19-21-49(22-20-47)34-9-11-37-32(23-34)27-50(45(37)54)40-13-14-42(52)46-44(40)53/h2-12,23-25,29,39-40,43,51H,13-22,26-28H2,1H3,(H,46,52,53)/t39?,40-,43?/m0/s1. The Labute approximate surface area is 327 Å². The van der Waals surface area contributed by atoms with Crippen molar-refractivity contribution in [2.45, 2.75) is 50.1 Å². The Kier molecular flexibility index (Phi) is 9.79. The maximum absolute atomic E-state index is 13.2. The summed E-state index contributed by atoms with van der Waals surface area (Å²) in [4.78, 5) is 46.4. The number of hydrogen-bond donors (Lipinski definition) is 2. The number of methoxy groups -OCH3 is 1. The van der Waals surface area contributed by atoms with Crippen LogP contribution in [-0.4, -0.2) is 98.2 Å². The molecular formula is C45H49N5O6. The minimum absolute atomic E-state index is 0.0777. The lowest BCUT2D eigenvalue weighted by molar-refractivity contribution is -0.136. The quantitative estimate of drug-likeness (QED) is 0.225. The molecule has 290 valence electrons. The molecule has 0 saturated carbocycles. The van der Waals surface area contributed by atoms with Gasteiger partial charge >= 0.3 is 0 Å². The number of hydrogen-bond acceptors (Lipinski definition) is 9. The predicted octanol–water partition coefficient (Wildman–Crippen LogP) is 5.51. The maximum atomic E-state index is 13.2. The molecule has 11 heteroatoms. The second-order valence-electron chi connectivity index (χ2n) is 15.9. The van der Waals surface area contributed by atoms with E-state index in [2.05, 4.69) is 62.5 Å². The van der Waals surface area contributed by atoms with Gasteiger partial charge in [-0.2, -0.15) is 0 Å². The van der Waals surface area contributed by atoms with Gasteiger partial charge in [0, 0.05) is 99.2 Å². The molecule has 0 aliphatic carbocycles. The fourth-order valence-electron chi connectivity index (χ4n) is 9.55. The number of fused-ring (bicyclic) bond motifs is 2. The molecule has 3 atom stereocenters. The van der Waals surface area contributed by atoms with Gasteiger partial charge in [0.15, 0.2) is 0 Å². The Morgan fingerprint density at radius 1 is 0.804 bits per heavy atom. The number of phenols is 1. The molecule has 5 aliphatic rings. The number of carbonyl (C=O) groups is 3. The molecule has 0 bridgehead atoms. The van der Waals surface area contributed by atoms with Gasteiger partial charge in [-0.15, -0.1) is 0 Å². The summed E-state index contributed by atoms with van der Waals surface area (Å²) in [6.07, 6.45) is 2.96. The number of piperidine rings is 2. The molecule has 3 fully saturated rings. The van der Waals surface area contributed by atoms with Gasteiger partial charge in [-0.05, 0) is 90.4 Å². The second-order valence-corrected chi connectivity index (χ2v) is 15.9. The number of ether oxygens (including phenoxy) is 2. The maximum Gasteiger partial charge on any atom is 0.255 e. The number of phenolic OH excluding ortho intramolecular Hbond substituents is 1. The first-order valence-electron chi connectivity index (χ1n) is 20.0. The number of carbonyl (C=O) groups excluding carboxylic acids is 3. The van der Waals surface area contributed by atoms with Crippen LogP contribution >= 0.6 is 0 Å². The third-order valence-corrected chi connectivity index (χ3v) is 12.7. The number of rotatable bonds is 8. The number of anilines is 2. The van der Waals surface area contributed by atoms with E-state index in [1.807, 2.05) is 30.3 Å². The lowest BCUT2D eigenvalue weighted by atomic mass is 9.76. The molecule has 3 amide bonds. The van der Waals surface area contributed by atoms with Crippen LogP contribution in [0.2, 0.25) is 0 Å². The average Bonchev–Trinajstić information content (AvgIpc) is 3.55. The molecule has 9 rings (SSSR count). The molecule has 0 radical (unpaired) electrons. The highest BCUT2D eigenvalue weighted by molar-refractivity contribution is 6.05. The number of nitrogens with one attached hydrogen (secondary N) is 1. The van der Waals surface area contributed by atoms with Crippen molar-refractivity contribution in [2.24, 2.45) is 5.92 Å². The Hall–Kier alpha value is -5.55. The Bertz CT molecular complexity index is 2120. The number of amides is 3. The van der Waals surface area contributed by atoms with Crippen molar-refractivity contribution in [3.05, 3.63) is 113 Å². The first kappa shape index (κ1) is 36.1. The zero-order valence-corrected chi connectivity index (χ0v) is 31.9. The van der Waals surface area contributed by atoms with Crippen LogP contribution < -0.4 is 24.6 Å². The van der Waals surface area contributed by atoms with Crippen molar-refractivity contribution in [3.8, 4) is 17.2 Å². The van der Waals surface area contributed by atoms with E-state index in [1.165, 1.54) is 29.7 Å². The highest BCUT2D eigenvalue weighted by Gasteiger charge is 2.39. The minimum Gasteiger partial charge on any atom is -0.508 e. The summed E-state index contributed by atoms with van der Waals surface area (Å²) in [6.45, 7) is 8.00. The van der Waals surface area contributed by atoms with Crippen LogP contribution in [-0.2, 0) is 16.1 Å². The van der Waals surface area contributed by atoms with Crippen LogP contribution in [0.1, 0.15) is 70.1 Å². The van der Waals surface area contributed by atoms with Crippen LogP contribution in [0.15, 0.2) is 84.9 Å². The van der Waals surface area contributed by atoms with Gasteiger partial charge in [-0.1, -0.05) is 30.3 Å². The third kappa shape index (κ3) is 7.04. The van der Waals surface area contributed by atoms with E-state index in [4.69, 9.17) is 9.47 Å². The zero-order valence-electron chi connectivity index (χ0n) is 31.9. The van der Waals surface area contributed by atoms with E-state index in [1.54, 1.807) is 24.1 Å². The van der Waals surface area contributed by atoms with Crippen molar-refractivity contribution in [2.75, 3.05) is 69.3 Å². The molecule has 56 heavy (non-hydrogen) atoms. The summed E-state index contributed by atoms with van der Waals surface area (Å²) in [7, 11) is 1.69. The van der Waals surface area contributed by atoms with E-state index < -0.39 is 6.04 Å². The molecule has 5 heterocycles. The first-order chi connectivity index (χ1) is 27.3. The van der Waals surface area contributed by atoms with Crippen molar-refractivity contribution >= 4 is 29.1 Å². The summed E-state index contributed by atoms with van der Waals surface area (Å²) >= 11 is 0. The summed E-state index contributed by atoms with van der Waals surface area (Å²) in [5, 5.41) is 12.6. The highest BCUT2D eigenvalue weighted by Crippen LogP contribution is 2.47. The van der Waals surface area contributed by atoms with Crippen LogP contribution in [0.4, 0.5) is 11.4 Å². The largest absolute Gasteiger partial charge is 0.508 e. The third-order valence-electron chi connectivity index (χ3n) is 12.7. The molecule has 4 aromatic rings. The molecule has 3 saturated heterocycles. The summed E-state index contributed by atoms with van der Waals surface area (Å²) in [6, 6.07) is 28.3. The molecule has 11 nitrogen and oxygen atoms in total. The minimum atomic E-state index is -0.593. The SMILES string of the molecule is COc1cccc(C2COc3cc(O)ccc3C2c2ccc(N3CCC(CN4CCN(c5ccc6c(c5)CN([C@H]5CCC(=O)NC5=O)C6=O)CC4)CC3)cc2)c1. The molecule has 2 unspecified atom stereocenters. The van der Waals surface area contributed by atoms with Gasteiger partial charge in [0.25, 0.3) is 5.91 Å². The van der Waals surface area contributed by atoms with Crippen molar-refractivity contribution in [1.29, 1.82) is 0 Å². The van der Waals surface area contributed by atoms with E-state index >= 15 is 0 Å². The van der Waals surface area contributed by atoms with E-state index in [0.29, 0.717) is 31.1 Å². The summed E-state index contributed by atoms with van der Waals surface area (Å²) < 4.78 is 11.8. The molecule has 4 aromatic carbocycles. The normalized spacial score (nSPS) is 23.1. The van der Waals surface area contributed by atoms with Crippen molar-refractivity contribution in [1.82, 2.24) is 15.1 Å². The van der Waals surface area contributed by atoms with Gasteiger partial charge in [0.2, 0.25) is 11.8 Å². The second kappa shape index (κ2) is 15.2. The van der Waals surface area contributed by atoms with Crippen molar-refractivity contribution in [3.63, 3.8) is 0 Å². The van der Waals surface area contributed by atoms with Crippen molar-refractivity contribution < 1.29 is 29.0 Å². The van der Waals surface area contributed by atoms with Gasteiger partial charge in [-0.3, -0.25) is 24.6 Å². The van der Waals surface area contributed by atoms with Gasteiger partial charge in [0.1, 0.15) is 23.3 Å². The van der Waals surface area contributed by atoms with Crippen LogP contribution in [0.5, 0.6) is 17.2 Å². The highest BCUT2D eigenvalue weighted by atomic mass is 16.5. The number of benzene rings is 4. The fourth-order valence-corrected chi connectivity index (χ4v) is 9.55. The van der Waals surface area contributed by atoms with Gasteiger partial charge in [-0.25, -0.2) is 0 Å². The van der Waals surface area contributed by atoms with E-state index in [9.17, 15) is 19.5 Å². The predicted molar refractivity (Wildman–Crippen MR) is 214 cm³/mol. The van der Waals surface area contributed by atoms with Crippen LogP contribution in [0.25, 0.3) is 0 Å². The molecular weight excluding hydrogens is 707 g/mol. The Morgan fingerprint density at radius 3 is 2.34 bits per heavy atom. The topological polar surface area (TPSA) is 115 Å². The Balaban J connectivity index is 0.787. The zero-order chi connectivity index (χ0) is 38.3. The van der Waals surface area contributed by atoms with Crippen LogP contribution in [0, 0.1) is 5.92 Å². The smallest absolute Gasteiger partial charge is 0.255 e. The summed E-state index contributed by atoms with van der Waals surface area (Å²) in [5.41, 5.74) is 7.47. The summed E-state index contributed by atoms with van der Waals surface area (Å²) in [5.74, 6) is 1.85. The molecule has 0 spiro atoms. The number of nitrogens with zero attached hydrogens (tertiary/aromatic N) is 4. The lowest BCUT2D eigenvalue weighted by Crippen LogP contribution is -2.52. The average molecular weight is 756 g/mol. The van der Waals surface area contributed by atoms with Crippen LogP contribution in [0.3, 0.4) is 0 Å². The van der Waals surface area contributed by atoms with Gasteiger partial charge < -0.3 is 29.3 Å². The number of aromatic hydroxyl groups is 1. The first-order valence-corrected chi connectivity index (χ1v) is 20.0. The lowest BCUT2D eigenvalue weighted by Gasteiger charge is -2.40. The monoisotopic (exact) mass is 755 g/mol. The molecule has 5 aliphatic heterocycles. The molecule has 2 N–H and O–H groups in total.